The van der Waals surface area contributed by atoms with E-state index in [-0.39, 0.29) is 0 Å². The van der Waals surface area contributed by atoms with Crippen LogP contribution in [0.5, 0.6) is 0 Å². The van der Waals surface area contributed by atoms with E-state index in [0.29, 0.717) is 0 Å². The number of halogens is 1. The molecule has 0 bridgehead atoms. The Balaban J connectivity index is 2.49. The van der Waals surface area contributed by atoms with Crippen molar-refractivity contribution >= 4 is 28.4 Å². The Labute approximate surface area is 133 Å². The number of hydrogen-bond acceptors (Lipinski definition) is 4. The van der Waals surface area contributed by atoms with Gasteiger partial charge in [0, 0.05) is 24.0 Å². The summed E-state index contributed by atoms with van der Waals surface area (Å²) in [5, 5.41) is 3.32. The monoisotopic (exact) mass is 382 g/mol. The van der Waals surface area contributed by atoms with Crippen LogP contribution in [-0.4, -0.2) is 21.5 Å². The first kappa shape index (κ1) is 15.2. The zero-order chi connectivity index (χ0) is 14.5. The maximum Gasteiger partial charge on any atom is 0.163 e. The molecule has 2 aromatic rings. The van der Waals surface area contributed by atoms with Crippen molar-refractivity contribution in [1.82, 2.24) is 15.0 Å². The SMILES string of the molecule is CCCc1nc(-c2ccc(C)nc2)nc(NCC)c1I. The van der Waals surface area contributed by atoms with E-state index < -0.39 is 0 Å². The highest BCUT2D eigenvalue weighted by atomic mass is 127. The van der Waals surface area contributed by atoms with Gasteiger partial charge in [0.25, 0.3) is 0 Å². The summed E-state index contributed by atoms with van der Waals surface area (Å²) in [4.78, 5) is 13.7. The van der Waals surface area contributed by atoms with Gasteiger partial charge in [0.2, 0.25) is 0 Å². The van der Waals surface area contributed by atoms with Crippen LogP contribution in [0.4, 0.5) is 5.82 Å². The lowest BCUT2D eigenvalue weighted by Crippen LogP contribution is -2.08. The van der Waals surface area contributed by atoms with Crippen molar-refractivity contribution in [3.63, 3.8) is 0 Å². The maximum absolute atomic E-state index is 4.71. The van der Waals surface area contributed by atoms with Crippen LogP contribution in [0.15, 0.2) is 18.3 Å². The number of rotatable bonds is 5. The van der Waals surface area contributed by atoms with Gasteiger partial charge >= 0.3 is 0 Å². The summed E-state index contributed by atoms with van der Waals surface area (Å²) < 4.78 is 1.12. The lowest BCUT2D eigenvalue weighted by molar-refractivity contribution is 0.866. The number of anilines is 1. The van der Waals surface area contributed by atoms with E-state index in [1.54, 1.807) is 0 Å². The van der Waals surface area contributed by atoms with Crippen LogP contribution < -0.4 is 5.32 Å². The van der Waals surface area contributed by atoms with Gasteiger partial charge in [-0.15, -0.1) is 0 Å². The molecule has 0 saturated carbocycles. The van der Waals surface area contributed by atoms with Crippen molar-refractivity contribution in [2.75, 3.05) is 11.9 Å². The molecule has 0 fully saturated rings. The van der Waals surface area contributed by atoms with E-state index in [4.69, 9.17) is 4.98 Å². The molecule has 0 amide bonds. The Kier molecular flexibility index (Phi) is 5.28. The molecule has 0 radical (unpaired) electrons. The minimum absolute atomic E-state index is 0.748. The molecule has 2 heterocycles. The first-order chi connectivity index (χ1) is 9.65. The zero-order valence-electron chi connectivity index (χ0n) is 12.1. The largest absolute Gasteiger partial charge is 0.369 e. The van der Waals surface area contributed by atoms with E-state index in [0.717, 1.165) is 51.6 Å². The second-order valence-corrected chi connectivity index (χ2v) is 5.70. The highest BCUT2D eigenvalue weighted by Gasteiger charge is 2.12. The van der Waals surface area contributed by atoms with Gasteiger partial charge in [-0.2, -0.15) is 0 Å². The lowest BCUT2D eigenvalue weighted by atomic mass is 10.2. The Hall–Kier alpha value is -1.24. The van der Waals surface area contributed by atoms with E-state index in [1.165, 1.54) is 0 Å². The van der Waals surface area contributed by atoms with E-state index in [2.05, 4.69) is 51.7 Å². The molecule has 0 aromatic carbocycles. The third-order valence-electron chi connectivity index (χ3n) is 2.92. The lowest BCUT2D eigenvalue weighted by Gasteiger charge is -2.12. The second kappa shape index (κ2) is 6.97. The zero-order valence-corrected chi connectivity index (χ0v) is 14.2. The normalized spacial score (nSPS) is 10.6. The molecule has 5 heteroatoms. The first-order valence-corrected chi connectivity index (χ1v) is 7.96. The van der Waals surface area contributed by atoms with Gasteiger partial charge < -0.3 is 5.32 Å². The number of hydrogen-bond donors (Lipinski definition) is 1. The number of nitrogens with zero attached hydrogens (tertiary/aromatic N) is 3. The summed E-state index contributed by atoms with van der Waals surface area (Å²) in [5.41, 5.74) is 3.07. The predicted molar refractivity (Wildman–Crippen MR) is 90.9 cm³/mol. The van der Waals surface area contributed by atoms with Crippen LogP contribution >= 0.6 is 22.6 Å². The molecule has 106 valence electrons. The van der Waals surface area contributed by atoms with E-state index >= 15 is 0 Å². The topological polar surface area (TPSA) is 50.7 Å². The molecule has 2 aromatic heterocycles. The average Bonchev–Trinajstić information content (AvgIpc) is 2.44. The van der Waals surface area contributed by atoms with Crippen LogP contribution in [0.1, 0.15) is 31.7 Å². The van der Waals surface area contributed by atoms with Crippen molar-refractivity contribution in [2.45, 2.75) is 33.6 Å². The predicted octanol–water partition coefficient (Wildman–Crippen LogP) is 3.84. The highest BCUT2D eigenvalue weighted by molar-refractivity contribution is 14.1. The van der Waals surface area contributed by atoms with Crippen molar-refractivity contribution in [3.05, 3.63) is 33.3 Å². The van der Waals surface area contributed by atoms with Crippen LogP contribution in [0.3, 0.4) is 0 Å². The summed E-state index contributed by atoms with van der Waals surface area (Å²) in [6, 6.07) is 4.01. The van der Waals surface area contributed by atoms with Crippen LogP contribution in [-0.2, 0) is 6.42 Å². The second-order valence-electron chi connectivity index (χ2n) is 4.63. The van der Waals surface area contributed by atoms with Gasteiger partial charge in [0.1, 0.15) is 5.82 Å². The van der Waals surface area contributed by atoms with Gasteiger partial charge in [-0.05, 0) is 55.0 Å². The van der Waals surface area contributed by atoms with Gasteiger partial charge in [-0.1, -0.05) is 13.3 Å². The van der Waals surface area contributed by atoms with Crippen molar-refractivity contribution in [2.24, 2.45) is 0 Å². The maximum atomic E-state index is 4.71. The highest BCUT2D eigenvalue weighted by Crippen LogP contribution is 2.24. The molecule has 2 rings (SSSR count). The summed E-state index contributed by atoms with van der Waals surface area (Å²) >= 11 is 2.33. The summed E-state index contributed by atoms with van der Waals surface area (Å²) in [7, 11) is 0. The van der Waals surface area contributed by atoms with Crippen molar-refractivity contribution in [3.8, 4) is 11.4 Å². The quantitative estimate of drug-likeness (QED) is 0.799. The molecule has 0 spiro atoms. The fourth-order valence-corrected chi connectivity index (χ4v) is 2.61. The Morgan fingerprint density at radius 2 is 2.00 bits per heavy atom. The number of nitrogens with one attached hydrogen (secondary N) is 1. The van der Waals surface area contributed by atoms with E-state index in [1.807, 2.05) is 25.3 Å². The Morgan fingerprint density at radius 3 is 2.60 bits per heavy atom. The third-order valence-corrected chi connectivity index (χ3v) is 4.05. The van der Waals surface area contributed by atoms with Crippen LogP contribution in [0, 0.1) is 10.5 Å². The smallest absolute Gasteiger partial charge is 0.163 e. The Morgan fingerprint density at radius 1 is 1.20 bits per heavy atom. The molecule has 0 aliphatic rings. The summed E-state index contributed by atoms with van der Waals surface area (Å²) in [5.74, 6) is 1.67. The molecule has 0 aliphatic heterocycles. The molecule has 0 saturated heterocycles. The molecule has 0 atom stereocenters. The molecule has 1 N–H and O–H groups in total. The first-order valence-electron chi connectivity index (χ1n) is 6.89. The number of aromatic nitrogens is 3. The molecule has 4 nitrogen and oxygen atoms in total. The standard InChI is InChI=1S/C15H19IN4/c1-4-6-12-13(16)15(17-5-2)20-14(19-12)11-8-7-10(3)18-9-11/h7-9H,4-6H2,1-3H3,(H,17,19,20). The van der Waals surface area contributed by atoms with E-state index in [9.17, 15) is 0 Å². The number of pyridine rings is 1. The summed E-state index contributed by atoms with van der Waals surface area (Å²) in [6.07, 6.45) is 3.87. The molecular formula is C15H19IN4. The van der Waals surface area contributed by atoms with Crippen molar-refractivity contribution in [1.29, 1.82) is 0 Å². The fourth-order valence-electron chi connectivity index (χ4n) is 1.91. The minimum Gasteiger partial charge on any atom is -0.369 e. The summed E-state index contributed by atoms with van der Waals surface area (Å²) in [6.45, 7) is 7.07. The fraction of sp³-hybridized carbons (Fsp3) is 0.400. The van der Waals surface area contributed by atoms with Gasteiger partial charge in [0.05, 0.1) is 9.26 Å². The number of aryl methyl sites for hydroxylation is 2. The molecular weight excluding hydrogens is 363 g/mol. The van der Waals surface area contributed by atoms with Gasteiger partial charge in [-0.3, -0.25) is 4.98 Å². The average molecular weight is 382 g/mol. The third kappa shape index (κ3) is 3.45. The van der Waals surface area contributed by atoms with Crippen LogP contribution in [0.25, 0.3) is 11.4 Å². The molecule has 0 aliphatic carbocycles. The van der Waals surface area contributed by atoms with Gasteiger partial charge in [0.15, 0.2) is 5.82 Å². The Bertz CT molecular complexity index is 554. The molecule has 20 heavy (non-hydrogen) atoms. The van der Waals surface area contributed by atoms with Gasteiger partial charge in [-0.25, -0.2) is 9.97 Å². The van der Waals surface area contributed by atoms with Crippen molar-refractivity contribution < 1.29 is 0 Å². The van der Waals surface area contributed by atoms with Crippen LogP contribution in [0.2, 0.25) is 0 Å². The molecule has 0 unspecified atom stereocenters. The minimum atomic E-state index is 0.748.